The maximum absolute atomic E-state index is 6.35. The summed E-state index contributed by atoms with van der Waals surface area (Å²) in [4.78, 5) is 0. The van der Waals surface area contributed by atoms with E-state index >= 15 is 0 Å². The lowest BCUT2D eigenvalue weighted by Crippen LogP contribution is -2.15. The molecule has 2 nitrogen and oxygen atoms in total. The van der Waals surface area contributed by atoms with Gasteiger partial charge in [-0.2, -0.15) is 0 Å². The van der Waals surface area contributed by atoms with E-state index < -0.39 is 0 Å². The molecule has 0 radical (unpaired) electrons. The van der Waals surface area contributed by atoms with Crippen LogP contribution < -0.4 is 5.73 Å². The molecule has 2 rings (SSSR count). The first kappa shape index (κ1) is 12.9. The first-order chi connectivity index (χ1) is 8.50. The summed E-state index contributed by atoms with van der Waals surface area (Å²) < 4.78 is 5.65. The molecular formula is C16H21NO. The summed E-state index contributed by atoms with van der Waals surface area (Å²) in [6.07, 6.45) is 0.854. The topological polar surface area (TPSA) is 39.2 Å². The van der Waals surface area contributed by atoms with Gasteiger partial charge in [0.2, 0.25) is 0 Å². The van der Waals surface area contributed by atoms with Gasteiger partial charge < -0.3 is 10.2 Å². The molecule has 0 bridgehead atoms. The van der Waals surface area contributed by atoms with Crippen molar-refractivity contribution in [3.63, 3.8) is 0 Å². The Morgan fingerprint density at radius 1 is 1.06 bits per heavy atom. The van der Waals surface area contributed by atoms with Crippen LogP contribution in [0.5, 0.6) is 0 Å². The monoisotopic (exact) mass is 243 g/mol. The third kappa shape index (κ3) is 2.34. The largest absolute Gasteiger partial charge is 0.466 e. The molecule has 2 N–H and O–H groups in total. The van der Waals surface area contributed by atoms with Crippen LogP contribution in [0.15, 0.2) is 28.7 Å². The molecule has 18 heavy (non-hydrogen) atoms. The van der Waals surface area contributed by atoms with Crippen molar-refractivity contribution in [2.45, 2.75) is 40.2 Å². The van der Waals surface area contributed by atoms with Crippen LogP contribution in [0.4, 0.5) is 0 Å². The average Bonchev–Trinajstić information content (AvgIpc) is 2.56. The fourth-order valence-corrected chi connectivity index (χ4v) is 2.53. The highest BCUT2D eigenvalue weighted by Gasteiger charge is 2.18. The minimum atomic E-state index is 0.00329. The van der Waals surface area contributed by atoms with Crippen molar-refractivity contribution in [1.82, 2.24) is 0 Å². The summed E-state index contributed by atoms with van der Waals surface area (Å²) in [6.45, 7) is 8.20. The standard InChI is InChI=1S/C16H21NO/c1-10-7-5-6-8-14(10)9-15(17)16-11(2)12(3)18-13(16)4/h5-8,15H,9,17H2,1-4H3. The second-order valence-corrected chi connectivity index (χ2v) is 4.99. The fraction of sp³-hybridized carbons (Fsp3) is 0.375. The number of hydrogen-bond acceptors (Lipinski definition) is 2. The lowest BCUT2D eigenvalue weighted by Gasteiger charge is -2.14. The molecule has 0 saturated heterocycles. The summed E-state index contributed by atoms with van der Waals surface area (Å²) >= 11 is 0. The van der Waals surface area contributed by atoms with E-state index in [1.165, 1.54) is 16.7 Å². The Morgan fingerprint density at radius 3 is 2.28 bits per heavy atom. The molecule has 2 heteroatoms. The molecule has 1 atom stereocenters. The van der Waals surface area contributed by atoms with E-state index in [0.717, 1.165) is 23.5 Å². The highest BCUT2D eigenvalue weighted by Crippen LogP contribution is 2.28. The predicted octanol–water partition coefficient (Wildman–Crippen LogP) is 3.76. The zero-order valence-electron chi connectivity index (χ0n) is 11.6. The summed E-state index contributed by atoms with van der Waals surface area (Å²) in [7, 11) is 0. The quantitative estimate of drug-likeness (QED) is 0.891. The van der Waals surface area contributed by atoms with E-state index in [2.05, 4.69) is 38.1 Å². The van der Waals surface area contributed by atoms with Crippen molar-refractivity contribution in [3.05, 3.63) is 58.0 Å². The normalized spacial score (nSPS) is 12.7. The van der Waals surface area contributed by atoms with Crippen LogP contribution in [0.1, 0.15) is 39.8 Å². The third-order valence-electron chi connectivity index (χ3n) is 3.69. The second-order valence-electron chi connectivity index (χ2n) is 4.99. The molecule has 1 aromatic heterocycles. The van der Waals surface area contributed by atoms with Gasteiger partial charge in [-0.1, -0.05) is 24.3 Å². The predicted molar refractivity (Wildman–Crippen MR) is 74.7 cm³/mol. The minimum absolute atomic E-state index is 0.00329. The summed E-state index contributed by atoms with van der Waals surface area (Å²) in [5.41, 5.74) is 11.3. The van der Waals surface area contributed by atoms with Crippen molar-refractivity contribution in [3.8, 4) is 0 Å². The van der Waals surface area contributed by atoms with E-state index in [-0.39, 0.29) is 6.04 Å². The molecule has 0 saturated carbocycles. The minimum Gasteiger partial charge on any atom is -0.466 e. The van der Waals surface area contributed by atoms with Gasteiger partial charge >= 0.3 is 0 Å². The Bertz CT molecular complexity index is 554. The van der Waals surface area contributed by atoms with Gasteiger partial charge in [-0.15, -0.1) is 0 Å². The lowest BCUT2D eigenvalue weighted by atomic mass is 9.94. The maximum Gasteiger partial charge on any atom is 0.106 e. The van der Waals surface area contributed by atoms with Crippen LogP contribution in [0.25, 0.3) is 0 Å². The van der Waals surface area contributed by atoms with Crippen LogP contribution in [-0.4, -0.2) is 0 Å². The zero-order chi connectivity index (χ0) is 13.3. The van der Waals surface area contributed by atoms with Gasteiger partial charge in [0.1, 0.15) is 11.5 Å². The molecule has 0 fully saturated rings. The van der Waals surface area contributed by atoms with Gasteiger partial charge in [0.15, 0.2) is 0 Å². The Labute approximate surface area is 109 Å². The van der Waals surface area contributed by atoms with Gasteiger partial charge in [-0.3, -0.25) is 0 Å². The van der Waals surface area contributed by atoms with Crippen molar-refractivity contribution < 1.29 is 4.42 Å². The molecular weight excluding hydrogens is 222 g/mol. The van der Waals surface area contributed by atoms with Gasteiger partial charge in [0.05, 0.1) is 0 Å². The molecule has 2 aromatic rings. The number of benzene rings is 1. The smallest absolute Gasteiger partial charge is 0.106 e. The van der Waals surface area contributed by atoms with Gasteiger partial charge in [0.25, 0.3) is 0 Å². The van der Waals surface area contributed by atoms with Gasteiger partial charge in [-0.05, 0) is 50.8 Å². The van der Waals surface area contributed by atoms with Gasteiger partial charge in [0, 0.05) is 11.6 Å². The maximum atomic E-state index is 6.35. The molecule has 0 spiro atoms. The van der Waals surface area contributed by atoms with Crippen LogP contribution in [0.3, 0.4) is 0 Å². The van der Waals surface area contributed by atoms with Gasteiger partial charge in [-0.25, -0.2) is 0 Å². The highest BCUT2D eigenvalue weighted by atomic mass is 16.3. The summed E-state index contributed by atoms with van der Waals surface area (Å²) in [5.74, 6) is 1.92. The number of furan rings is 1. The Kier molecular flexibility index (Phi) is 3.58. The zero-order valence-corrected chi connectivity index (χ0v) is 11.6. The molecule has 1 aromatic carbocycles. The Balaban J connectivity index is 2.28. The van der Waals surface area contributed by atoms with E-state index in [0.29, 0.717) is 0 Å². The number of nitrogens with two attached hydrogens (primary N) is 1. The van der Waals surface area contributed by atoms with Crippen LogP contribution in [0.2, 0.25) is 0 Å². The number of aryl methyl sites for hydroxylation is 3. The first-order valence-electron chi connectivity index (χ1n) is 6.37. The molecule has 0 amide bonds. The summed E-state index contributed by atoms with van der Waals surface area (Å²) in [6, 6.07) is 8.40. The molecule has 1 unspecified atom stereocenters. The average molecular weight is 243 g/mol. The summed E-state index contributed by atoms with van der Waals surface area (Å²) in [5, 5.41) is 0. The van der Waals surface area contributed by atoms with E-state index in [4.69, 9.17) is 10.2 Å². The first-order valence-corrected chi connectivity index (χ1v) is 6.37. The van der Waals surface area contributed by atoms with Crippen molar-refractivity contribution in [2.75, 3.05) is 0 Å². The molecule has 0 aliphatic heterocycles. The third-order valence-corrected chi connectivity index (χ3v) is 3.69. The van der Waals surface area contributed by atoms with Crippen LogP contribution in [0, 0.1) is 27.7 Å². The molecule has 0 aliphatic rings. The highest BCUT2D eigenvalue weighted by molar-refractivity contribution is 5.36. The SMILES string of the molecule is Cc1ccccc1CC(N)c1c(C)oc(C)c1C. The van der Waals surface area contributed by atoms with E-state index in [1.54, 1.807) is 0 Å². The molecule has 0 aliphatic carbocycles. The molecule has 1 heterocycles. The van der Waals surface area contributed by atoms with Crippen molar-refractivity contribution >= 4 is 0 Å². The van der Waals surface area contributed by atoms with Crippen LogP contribution in [-0.2, 0) is 6.42 Å². The second kappa shape index (κ2) is 4.99. The fourth-order valence-electron chi connectivity index (χ4n) is 2.53. The number of rotatable bonds is 3. The van der Waals surface area contributed by atoms with Crippen molar-refractivity contribution in [2.24, 2.45) is 5.73 Å². The van der Waals surface area contributed by atoms with Crippen LogP contribution >= 0.6 is 0 Å². The van der Waals surface area contributed by atoms with Crippen molar-refractivity contribution in [1.29, 1.82) is 0 Å². The molecule has 96 valence electrons. The number of hydrogen-bond donors (Lipinski definition) is 1. The Hall–Kier alpha value is -1.54. The Morgan fingerprint density at radius 2 is 1.72 bits per heavy atom. The van der Waals surface area contributed by atoms with E-state index in [9.17, 15) is 0 Å². The van der Waals surface area contributed by atoms with E-state index in [1.807, 2.05) is 13.8 Å². The lowest BCUT2D eigenvalue weighted by molar-refractivity contribution is 0.496.